The van der Waals surface area contributed by atoms with Crippen molar-refractivity contribution in [2.45, 2.75) is 45.8 Å². The van der Waals surface area contributed by atoms with Gasteiger partial charge in [0, 0.05) is 0 Å². The molecule has 0 bridgehead atoms. The molecule has 0 amide bonds. The van der Waals surface area contributed by atoms with E-state index in [0.717, 1.165) is 30.4 Å². The third kappa shape index (κ3) is 6.53. The molecule has 0 fully saturated rings. The fourth-order valence-corrected chi connectivity index (χ4v) is 3.63. The monoisotopic (exact) mass is 297 g/mol. The molecule has 2 N–H and O–H groups in total. The summed E-state index contributed by atoms with van der Waals surface area (Å²) in [6.45, 7) is 6.86. The first-order valence-corrected chi connectivity index (χ1v) is 9.02. The lowest BCUT2D eigenvalue weighted by molar-refractivity contribution is 0.335. The Morgan fingerprint density at radius 2 is 1.90 bits per heavy atom. The average molecular weight is 297 g/mol. The third-order valence-electron chi connectivity index (χ3n) is 3.58. The number of nitrogens with two attached hydrogens (primary N) is 1. The zero-order valence-electron chi connectivity index (χ0n) is 12.9. The normalized spacial score (nSPS) is 12.6. The van der Waals surface area contributed by atoms with Gasteiger partial charge in [-0.25, -0.2) is 8.42 Å². The maximum atomic E-state index is 12.1. The molecule has 0 saturated heterocycles. The highest BCUT2D eigenvalue weighted by Crippen LogP contribution is 2.21. The quantitative estimate of drug-likeness (QED) is 0.750. The standard InChI is InChI=1S/C16H27NO2S/c1-14-7-6-8-15(11-14)12-20(18,19)10-5-4-9-16(2,3)13-17/h6-8,11H,4-5,9-10,12-13,17H2,1-3H3. The van der Waals surface area contributed by atoms with Crippen molar-refractivity contribution in [1.82, 2.24) is 0 Å². The predicted molar refractivity (Wildman–Crippen MR) is 85.4 cm³/mol. The highest BCUT2D eigenvalue weighted by molar-refractivity contribution is 7.90. The van der Waals surface area contributed by atoms with E-state index >= 15 is 0 Å². The Bertz CT molecular complexity index is 521. The van der Waals surface area contributed by atoms with Gasteiger partial charge in [-0.1, -0.05) is 50.1 Å². The molecule has 4 heteroatoms. The third-order valence-corrected chi connectivity index (χ3v) is 5.26. The Kier molecular flexibility index (Phi) is 6.21. The first kappa shape index (κ1) is 17.2. The Balaban J connectivity index is 2.43. The van der Waals surface area contributed by atoms with Crippen molar-refractivity contribution in [3.8, 4) is 0 Å². The van der Waals surface area contributed by atoms with Gasteiger partial charge in [0.25, 0.3) is 0 Å². The fraction of sp³-hybridized carbons (Fsp3) is 0.625. The maximum Gasteiger partial charge on any atom is 0.154 e. The summed E-state index contributed by atoms with van der Waals surface area (Å²) in [7, 11) is -3.01. The molecule has 114 valence electrons. The summed E-state index contributed by atoms with van der Waals surface area (Å²) >= 11 is 0. The van der Waals surface area contributed by atoms with E-state index in [-0.39, 0.29) is 16.9 Å². The molecule has 1 aromatic carbocycles. The smallest absolute Gasteiger partial charge is 0.154 e. The van der Waals surface area contributed by atoms with E-state index < -0.39 is 9.84 Å². The minimum absolute atomic E-state index is 0.111. The van der Waals surface area contributed by atoms with Crippen LogP contribution in [-0.2, 0) is 15.6 Å². The van der Waals surface area contributed by atoms with E-state index in [0.29, 0.717) is 6.54 Å². The Labute approximate surface area is 123 Å². The number of hydrogen-bond donors (Lipinski definition) is 1. The van der Waals surface area contributed by atoms with Gasteiger partial charge in [0.2, 0.25) is 0 Å². The van der Waals surface area contributed by atoms with Crippen molar-refractivity contribution in [3.63, 3.8) is 0 Å². The zero-order valence-corrected chi connectivity index (χ0v) is 13.7. The number of rotatable bonds is 8. The van der Waals surface area contributed by atoms with Gasteiger partial charge in [-0.15, -0.1) is 0 Å². The first-order valence-electron chi connectivity index (χ1n) is 7.20. The van der Waals surface area contributed by atoms with E-state index in [1.807, 2.05) is 31.2 Å². The van der Waals surface area contributed by atoms with Crippen molar-refractivity contribution < 1.29 is 8.42 Å². The summed E-state index contributed by atoms with van der Waals surface area (Å²) in [5.74, 6) is 0.413. The molecule has 1 aromatic rings. The summed E-state index contributed by atoms with van der Waals surface area (Å²) in [6, 6.07) is 7.70. The summed E-state index contributed by atoms with van der Waals surface area (Å²) in [4.78, 5) is 0. The predicted octanol–water partition coefficient (Wildman–Crippen LogP) is 3.07. The highest BCUT2D eigenvalue weighted by Gasteiger charge is 2.16. The van der Waals surface area contributed by atoms with Crippen LogP contribution < -0.4 is 5.73 Å². The van der Waals surface area contributed by atoms with E-state index in [2.05, 4.69) is 13.8 Å². The molecule has 3 nitrogen and oxygen atoms in total. The topological polar surface area (TPSA) is 60.2 Å². The molecule has 0 heterocycles. The second-order valence-corrected chi connectivity index (χ2v) is 8.59. The summed E-state index contributed by atoms with van der Waals surface area (Å²) in [5.41, 5.74) is 7.76. The average Bonchev–Trinajstić information content (AvgIpc) is 2.34. The number of hydrogen-bond acceptors (Lipinski definition) is 3. The first-order chi connectivity index (χ1) is 9.24. The summed E-state index contributed by atoms with van der Waals surface area (Å²) in [5, 5.41) is 0. The maximum absolute atomic E-state index is 12.1. The summed E-state index contributed by atoms with van der Waals surface area (Å²) < 4.78 is 24.2. The second-order valence-electron chi connectivity index (χ2n) is 6.41. The van der Waals surface area contributed by atoms with Gasteiger partial charge in [-0.3, -0.25) is 0 Å². The van der Waals surface area contributed by atoms with E-state index in [4.69, 9.17) is 5.73 Å². The lowest BCUT2D eigenvalue weighted by atomic mass is 9.88. The number of unbranched alkanes of at least 4 members (excludes halogenated alkanes) is 1. The molecule has 0 aliphatic carbocycles. The fourth-order valence-electron chi connectivity index (χ4n) is 2.16. The van der Waals surface area contributed by atoms with Crippen LogP contribution in [0.3, 0.4) is 0 Å². The molecule has 0 aromatic heterocycles. The van der Waals surface area contributed by atoms with Crippen molar-refractivity contribution >= 4 is 9.84 Å². The Morgan fingerprint density at radius 1 is 1.20 bits per heavy atom. The van der Waals surface area contributed by atoms with Gasteiger partial charge in [-0.05, 0) is 37.3 Å². The number of benzene rings is 1. The van der Waals surface area contributed by atoms with Crippen molar-refractivity contribution in [3.05, 3.63) is 35.4 Å². The second kappa shape index (κ2) is 7.23. The van der Waals surface area contributed by atoms with E-state index in [9.17, 15) is 8.42 Å². The molecule has 20 heavy (non-hydrogen) atoms. The number of sulfone groups is 1. The van der Waals surface area contributed by atoms with Crippen LogP contribution in [0.1, 0.15) is 44.2 Å². The molecular weight excluding hydrogens is 270 g/mol. The molecule has 0 aliphatic rings. The van der Waals surface area contributed by atoms with Crippen LogP contribution in [0.25, 0.3) is 0 Å². The molecule has 0 aliphatic heterocycles. The molecule has 0 unspecified atom stereocenters. The van der Waals surface area contributed by atoms with Crippen LogP contribution in [0.4, 0.5) is 0 Å². The minimum Gasteiger partial charge on any atom is -0.330 e. The highest BCUT2D eigenvalue weighted by atomic mass is 32.2. The minimum atomic E-state index is -3.01. The molecule has 0 atom stereocenters. The van der Waals surface area contributed by atoms with Gasteiger partial charge in [-0.2, -0.15) is 0 Å². The van der Waals surface area contributed by atoms with Gasteiger partial charge in [0.1, 0.15) is 0 Å². The summed E-state index contributed by atoms with van der Waals surface area (Å²) in [6.07, 6.45) is 2.61. The van der Waals surface area contributed by atoms with Crippen LogP contribution in [0, 0.1) is 12.3 Å². The van der Waals surface area contributed by atoms with Crippen molar-refractivity contribution in [1.29, 1.82) is 0 Å². The Hall–Kier alpha value is -0.870. The van der Waals surface area contributed by atoms with Crippen molar-refractivity contribution in [2.24, 2.45) is 11.1 Å². The van der Waals surface area contributed by atoms with Crippen LogP contribution >= 0.6 is 0 Å². The van der Waals surface area contributed by atoms with Crippen LogP contribution in [-0.4, -0.2) is 20.7 Å². The van der Waals surface area contributed by atoms with E-state index in [1.165, 1.54) is 0 Å². The van der Waals surface area contributed by atoms with Gasteiger partial charge >= 0.3 is 0 Å². The lowest BCUT2D eigenvalue weighted by Gasteiger charge is -2.21. The van der Waals surface area contributed by atoms with Crippen LogP contribution in [0.5, 0.6) is 0 Å². The lowest BCUT2D eigenvalue weighted by Crippen LogP contribution is -2.23. The molecule has 0 spiro atoms. The molecule has 0 saturated carbocycles. The van der Waals surface area contributed by atoms with Crippen LogP contribution in [0.2, 0.25) is 0 Å². The largest absolute Gasteiger partial charge is 0.330 e. The molecule has 1 rings (SSSR count). The molecular formula is C16H27NO2S. The number of aryl methyl sites for hydroxylation is 1. The van der Waals surface area contributed by atoms with Crippen molar-refractivity contribution in [2.75, 3.05) is 12.3 Å². The van der Waals surface area contributed by atoms with E-state index in [1.54, 1.807) is 0 Å². The SMILES string of the molecule is Cc1cccc(CS(=O)(=O)CCCCC(C)(C)CN)c1. The molecule has 0 radical (unpaired) electrons. The van der Waals surface area contributed by atoms with Gasteiger partial charge < -0.3 is 5.73 Å². The van der Waals surface area contributed by atoms with Crippen LogP contribution in [0.15, 0.2) is 24.3 Å². The Morgan fingerprint density at radius 3 is 2.50 bits per heavy atom. The zero-order chi connectivity index (χ0) is 15.2. The van der Waals surface area contributed by atoms with Gasteiger partial charge in [0.05, 0.1) is 11.5 Å². The van der Waals surface area contributed by atoms with Gasteiger partial charge in [0.15, 0.2) is 9.84 Å².